The molecule has 1 aromatic carbocycles. The van der Waals surface area contributed by atoms with E-state index in [-0.39, 0.29) is 5.54 Å². The van der Waals surface area contributed by atoms with Crippen LogP contribution in [0.1, 0.15) is 19.4 Å². The van der Waals surface area contributed by atoms with E-state index in [1.54, 1.807) is 0 Å². The second-order valence-corrected chi connectivity index (χ2v) is 6.98. The molecule has 1 aliphatic rings. The molecule has 1 fully saturated rings. The van der Waals surface area contributed by atoms with Crippen LogP contribution >= 0.6 is 31.9 Å². The van der Waals surface area contributed by atoms with Crippen LogP contribution in [0.15, 0.2) is 22.7 Å². The normalized spacial score (nSPS) is 20.2. The van der Waals surface area contributed by atoms with E-state index in [9.17, 15) is 0 Å². The molecule has 1 aliphatic heterocycles. The van der Waals surface area contributed by atoms with Gasteiger partial charge in [0.1, 0.15) is 0 Å². The highest BCUT2D eigenvalue weighted by atomic mass is 79.9. The Morgan fingerprint density at radius 1 is 1.28 bits per heavy atom. The summed E-state index contributed by atoms with van der Waals surface area (Å²) < 4.78 is 1.19. The first kappa shape index (κ1) is 14.4. The Morgan fingerprint density at radius 3 is 2.56 bits per heavy atom. The smallest absolute Gasteiger partial charge is 0.0378 e. The van der Waals surface area contributed by atoms with Gasteiger partial charge in [-0.1, -0.05) is 37.9 Å². The second kappa shape index (κ2) is 5.51. The first-order valence-corrected chi connectivity index (χ1v) is 8.16. The molecule has 1 saturated heterocycles. The maximum Gasteiger partial charge on any atom is 0.0378 e. The largest absolute Gasteiger partial charge is 0.368 e. The average molecular weight is 376 g/mol. The standard InChI is InChI=1S/C14H20Br2N2/c1-14(2)10-18(7-6-17(14)3)12-5-4-11(9-15)13(16)8-12/h4-5,8H,6-7,9-10H2,1-3H3. The molecule has 0 saturated carbocycles. The molecule has 4 heteroatoms. The number of benzene rings is 1. The van der Waals surface area contributed by atoms with Gasteiger partial charge in [-0.05, 0) is 38.6 Å². The van der Waals surface area contributed by atoms with Crippen LogP contribution in [0.5, 0.6) is 0 Å². The highest BCUT2D eigenvalue weighted by molar-refractivity contribution is 9.10. The number of alkyl halides is 1. The van der Waals surface area contributed by atoms with Crippen LogP contribution in [0.2, 0.25) is 0 Å². The average Bonchev–Trinajstić information content (AvgIpc) is 2.32. The van der Waals surface area contributed by atoms with Crippen molar-refractivity contribution in [3.05, 3.63) is 28.2 Å². The SMILES string of the molecule is CN1CCN(c2ccc(CBr)c(Br)c2)CC1(C)C. The van der Waals surface area contributed by atoms with Crippen LogP contribution in [-0.2, 0) is 5.33 Å². The van der Waals surface area contributed by atoms with Crippen molar-refractivity contribution in [3.8, 4) is 0 Å². The maximum atomic E-state index is 3.65. The molecule has 1 heterocycles. The predicted octanol–water partition coefficient (Wildman–Crippen LogP) is 3.87. The highest BCUT2D eigenvalue weighted by Crippen LogP contribution is 2.29. The number of hydrogen-bond donors (Lipinski definition) is 0. The number of anilines is 1. The summed E-state index contributed by atoms with van der Waals surface area (Å²) in [6.45, 7) is 7.90. The Morgan fingerprint density at radius 2 is 2.00 bits per heavy atom. The van der Waals surface area contributed by atoms with Crippen molar-refractivity contribution in [3.63, 3.8) is 0 Å². The molecular weight excluding hydrogens is 356 g/mol. The van der Waals surface area contributed by atoms with Gasteiger partial charge in [0, 0.05) is 40.7 Å². The molecule has 0 aromatic heterocycles. The van der Waals surface area contributed by atoms with Crippen molar-refractivity contribution in [2.45, 2.75) is 24.7 Å². The van der Waals surface area contributed by atoms with Crippen LogP contribution in [0.4, 0.5) is 5.69 Å². The van der Waals surface area contributed by atoms with Crippen molar-refractivity contribution < 1.29 is 0 Å². The van der Waals surface area contributed by atoms with Crippen LogP contribution < -0.4 is 4.90 Å². The van der Waals surface area contributed by atoms with Crippen LogP contribution in [0.25, 0.3) is 0 Å². The number of likely N-dealkylation sites (N-methyl/N-ethyl adjacent to an activating group) is 1. The van der Waals surface area contributed by atoms with Gasteiger partial charge in [-0.15, -0.1) is 0 Å². The zero-order valence-corrected chi connectivity index (χ0v) is 14.4. The molecule has 0 bridgehead atoms. The van der Waals surface area contributed by atoms with Gasteiger partial charge in [0.25, 0.3) is 0 Å². The third kappa shape index (κ3) is 2.91. The van der Waals surface area contributed by atoms with Gasteiger partial charge in [-0.2, -0.15) is 0 Å². The number of nitrogens with zero attached hydrogens (tertiary/aromatic N) is 2. The molecule has 2 rings (SSSR count). The molecule has 2 nitrogen and oxygen atoms in total. The van der Waals surface area contributed by atoms with E-state index in [0.29, 0.717) is 0 Å². The summed E-state index contributed by atoms with van der Waals surface area (Å²) in [5.74, 6) is 0. The van der Waals surface area contributed by atoms with Gasteiger partial charge < -0.3 is 4.90 Å². The van der Waals surface area contributed by atoms with E-state index >= 15 is 0 Å². The molecule has 0 amide bonds. The number of halogens is 2. The third-order valence-electron chi connectivity index (χ3n) is 3.86. The fourth-order valence-corrected chi connectivity index (χ4v) is 3.67. The van der Waals surface area contributed by atoms with Crippen molar-refractivity contribution in [2.24, 2.45) is 0 Å². The minimum atomic E-state index is 0.235. The Labute approximate surface area is 127 Å². The molecule has 0 aliphatic carbocycles. The zero-order chi connectivity index (χ0) is 13.3. The van der Waals surface area contributed by atoms with Gasteiger partial charge in [0.2, 0.25) is 0 Å². The third-order valence-corrected chi connectivity index (χ3v) is 5.20. The number of piperazine rings is 1. The van der Waals surface area contributed by atoms with E-state index in [1.807, 2.05) is 0 Å². The van der Waals surface area contributed by atoms with E-state index < -0.39 is 0 Å². The summed E-state index contributed by atoms with van der Waals surface area (Å²) in [6.07, 6.45) is 0. The van der Waals surface area contributed by atoms with Gasteiger partial charge in [0.15, 0.2) is 0 Å². The van der Waals surface area contributed by atoms with E-state index in [1.165, 1.54) is 15.7 Å². The first-order valence-electron chi connectivity index (χ1n) is 6.24. The first-order chi connectivity index (χ1) is 8.44. The topological polar surface area (TPSA) is 6.48 Å². The van der Waals surface area contributed by atoms with E-state index in [2.05, 4.69) is 80.8 Å². The Kier molecular flexibility index (Phi) is 4.40. The lowest BCUT2D eigenvalue weighted by atomic mass is 9.99. The molecule has 0 N–H and O–H groups in total. The molecule has 100 valence electrons. The summed E-state index contributed by atoms with van der Waals surface area (Å²) in [4.78, 5) is 4.91. The Bertz CT molecular complexity index is 432. The second-order valence-electron chi connectivity index (χ2n) is 5.56. The Balaban J connectivity index is 2.20. The molecule has 0 unspecified atom stereocenters. The maximum absolute atomic E-state index is 3.65. The number of rotatable bonds is 2. The predicted molar refractivity (Wildman–Crippen MR) is 85.7 cm³/mol. The van der Waals surface area contributed by atoms with E-state index in [0.717, 1.165) is 25.0 Å². The van der Waals surface area contributed by atoms with Crippen LogP contribution in [0, 0.1) is 0 Å². The van der Waals surface area contributed by atoms with E-state index in [4.69, 9.17) is 0 Å². The van der Waals surface area contributed by atoms with Crippen molar-refractivity contribution >= 4 is 37.5 Å². The molecule has 0 atom stereocenters. The minimum absolute atomic E-state index is 0.235. The summed E-state index contributed by atoms with van der Waals surface area (Å²) in [7, 11) is 2.21. The lowest BCUT2D eigenvalue weighted by Gasteiger charge is -2.46. The lowest BCUT2D eigenvalue weighted by molar-refractivity contribution is 0.139. The summed E-state index contributed by atoms with van der Waals surface area (Å²) in [6, 6.07) is 6.65. The van der Waals surface area contributed by atoms with Gasteiger partial charge in [-0.25, -0.2) is 0 Å². The van der Waals surface area contributed by atoms with Crippen molar-refractivity contribution in [1.29, 1.82) is 0 Å². The zero-order valence-electron chi connectivity index (χ0n) is 11.2. The lowest BCUT2D eigenvalue weighted by Crippen LogP contribution is -2.57. The minimum Gasteiger partial charge on any atom is -0.368 e. The molecule has 0 spiro atoms. The Hall–Kier alpha value is -0.0600. The summed E-state index contributed by atoms with van der Waals surface area (Å²) in [5, 5.41) is 0.891. The van der Waals surface area contributed by atoms with Gasteiger partial charge >= 0.3 is 0 Å². The highest BCUT2D eigenvalue weighted by Gasteiger charge is 2.31. The van der Waals surface area contributed by atoms with Crippen LogP contribution in [0.3, 0.4) is 0 Å². The molecule has 18 heavy (non-hydrogen) atoms. The fraction of sp³-hybridized carbons (Fsp3) is 0.571. The van der Waals surface area contributed by atoms with Crippen molar-refractivity contribution in [1.82, 2.24) is 4.90 Å². The van der Waals surface area contributed by atoms with Gasteiger partial charge in [-0.3, -0.25) is 4.90 Å². The van der Waals surface area contributed by atoms with Gasteiger partial charge in [0.05, 0.1) is 0 Å². The fourth-order valence-electron chi connectivity index (χ4n) is 2.30. The number of hydrogen-bond acceptors (Lipinski definition) is 2. The summed E-state index contributed by atoms with van der Waals surface area (Å²) >= 11 is 7.15. The molecule has 0 radical (unpaired) electrons. The quantitative estimate of drug-likeness (QED) is 0.724. The molecule has 1 aromatic rings. The monoisotopic (exact) mass is 374 g/mol. The van der Waals surface area contributed by atoms with Crippen LogP contribution in [-0.4, -0.2) is 37.1 Å². The van der Waals surface area contributed by atoms with Crippen molar-refractivity contribution in [2.75, 3.05) is 31.6 Å². The summed E-state index contributed by atoms with van der Waals surface area (Å²) in [5.41, 5.74) is 2.85. The molecular formula is C14H20Br2N2.